The smallest absolute Gasteiger partial charge is 0.263 e. The zero-order valence-electron chi connectivity index (χ0n) is 16.0. The van der Waals surface area contributed by atoms with Crippen molar-refractivity contribution in [1.29, 1.82) is 0 Å². The third-order valence-electron chi connectivity index (χ3n) is 4.92. The first-order valence-electron chi connectivity index (χ1n) is 8.92. The molecule has 26 heavy (non-hydrogen) atoms. The number of Topliss-reactive ketones (excluding diaryl/α,β-unsaturated/α-hetero) is 2. The van der Waals surface area contributed by atoms with Crippen molar-refractivity contribution in [3.8, 4) is 0 Å². The summed E-state index contributed by atoms with van der Waals surface area (Å²) in [6.45, 7) is 5.32. The highest BCUT2D eigenvalue weighted by atomic mass is 32.1. The molecule has 7 heteroatoms. The van der Waals surface area contributed by atoms with E-state index in [1.165, 1.54) is 23.3 Å². The normalized spacial score (nSPS) is 17.1. The van der Waals surface area contributed by atoms with Gasteiger partial charge in [-0.2, -0.15) is 0 Å². The van der Waals surface area contributed by atoms with Gasteiger partial charge < -0.3 is 4.90 Å². The van der Waals surface area contributed by atoms with Crippen LogP contribution in [-0.2, 0) is 29.0 Å². The van der Waals surface area contributed by atoms with E-state index in [0.29, 0.717) is 23.7 Å². The molecule has 0 aliphatic heterocycles. The van der Waals surface area contributed by atoms with E-state index in [1.807, 2.05) is 19.0 Å². The molecule has 140 valence electrons. The van der Waals surface area contributed by atoms with Crippen LogP contribution in [0.15, 0.2) is 4.79 Å². The van der Waals surface area contributed by atoms with Gasteiger partial charge in [0, 0.05) is 4.88 Å². The van der Waals surface area contributed by atoms with Crippen LogP contribution in [0.4, 0.5) is 0 Å². The van der Waals surface area contributed by atoms with Crippen molar-refractivity contribution in [2.45, 2.75) is 52.6 Å². The Hall–Kier alpha value is -1.86. The van der Waals surface area contributed by atoms with Crippen LogP contribution >= 0.6 is 11.3 Å². The van der Waals surface area contributed by atoms with E-state index in [-0.39, 0.29) is 17.1 Å². The molecular formula is C19H25N3O3S. The Morgan fingerprint density at radius 1 is 1.31 bits per heavy atom. The summed E-state index contributed by atoms with van der Waals surface area (Å²) in [7, 11) is 3.75. The quantitative estimate of drug-likeness (QED) is 0.750. The minimum Gasteiger partial charge on any atom is -0.302 e. The van der Waals surface area contributed by atoms with Crippen LogP contribution < -0.4 is 5.56 Å². The molecule has 0 spiro atoms. The highest BCUT2D eigenvalue weighted by Gasteiger charge is 2.30. The number of aromatic nitrogens is 2. The van der Waals surface area contributed by atoms with Crippen LogP contribution in [0.2, 0.25) is 0 Å². The highest BCUT2D eigenvalue weighted by molar-refractivity contribution is 7.18. The summed E-state index contributed by atoms with van der Waals surface area (Å²) in [6.07, 6.45) is 2.85. The van der Waals surface area contributed by atoms with Gasteiger partial charge in [0.2, 0.25) is 0 Å². The maximum Gasteiger partial charge on any atom is 0.263 e. The first kappa shape index (κ1) is 18.9. The van der Waals surface area contributed by atoms with Crippen molar-refractivity contribution in [3.63, 3.8) is 0 Å². The molecule has 1 aliphatic carbocycles. The van der Waals surface area contributed by atoms with Crippen molar-refractivity contribution in [3.05, 3.63) is 26.6 Å². The van der Waals surface area contributed by atoms with Crippen molar-refractivity contribution < 1.29 is 9.59 Å². The standard InChI is InChI=1S/C19H25N3O3S/c1-10-6-7-13-14(8-10)26-18-16(13)19(25)22(15(20-18)9-21(4)5)17(11(2)23)12(3)24/h10,17H,6-9H2,1-5H3. The van der Waals surface area contributed by atoms with Crippen molar-refractivity contribution in [2.75, 3.05) is 14.1 Å². The summed E-state index contributed by atoms with van der Waals surface area (Å²) in [5, 5.41) is 0.604. The van der Waals surface area contributed by atoms with E-state index in [1.54, 1.807) is 11.3 Å². The topological polar surface area (TPSA) is 72.3 Å². The summed E-state index contributed by atoms with van der Waals surface area (Å²) in [5.41, 5.74) is 0.811. The number of aryl methyl sites for hydroxylation is 1. The SMILES string of the molecule is CC(=O)C(C(C)=O)n1c(CN(C)C)nc2sc3c(c2c1=O)CCC(C)C3. The number of carbonyl (C=O) groups excluding carboxylic acids is 2. The highest BCUT2D eigenvalue weighted by Crippen LogP contribution is 2.36. The lowest BCUT2D eigenvalue weighted by Gasteiger charge is -2.21. The van der Waals surface area contributed by atoms with Crippen LogP contribution in [0, 0.1) is 5.92 Å². The average molecular weight is 375 g/mol. The summed E-state index contributed by atoms with van der Waals surface area (Å²) in [5.74, 6) is 0.396. The number of hydrogen-bond acceptors (Lipinski definition) is 6. The van der Waals surface area contributed by atoms with Gasteiger partial charge in [-0.25, -0.2) is 4.98 Å². The van der Waals surface area contributed by atoms with Crippen molar-refractivity contribution in [2.24, 2.45) is 5.92 Å². The number of nitrogens with zero attached hydrogens (tertiary/aromatic N) is 3. The molecule has 0 saturated heterocycles. The van der Waals surface area contributed by atoms with E-state index in [0.717, 1.165) is 29.7 Å². The Morgan fingerprint density at radius 3 is 2.54 bits per heavy atom. The van der Waals surface area contributed by atoms with Crippen LogP contribution in [0.5, 0.6) is 0 Å². The van der Waals surface area contributed by atoms with Gasteiger partial charge in [0.1, 0.15) is 10.7 Å². The Labute approximate surface area is 156 Å². The lowest BCUT2D eigenvalue weighted by atomic mass is 9.89. The lowest BCUT2D eigenvalue weighted by Crippen LogP contribution is -2.37. The summed E-state index contributed by atoms with van der Waals surface area (Å²) in [6, 6.07) is -1.10. The predicted molar refractivity (Wildman–Crippen MR) is 103 cm³/mol. The molecular weight excluding hydrogens is 350 g/mol. The molecule has 2 aromatic rings. The molecule has 0 N–H and O–H groups in total. The summed E-state index contributed by atoms with van der Waals surface area (Å²) in [4.78, 5) is 46.3. The Morgan fingerprint density at radius 2 is 1.96 bits per heavy atom. The molecule has 1 unspecified atom stereocenters. The second-order valence-electron chi connectivity index (χ2n) is 7.60. The van der Waals surface area contributed by atoms with Gasteiger partial charge in [-0.1, -0.05) is 6.92 Å². The molecule has 3 rings (SSSR count). The number of carbonyl (C=O) groups is 2. The second kappa shape index (κ2) is 7.04. The molecule has 1 aliphatic rings. The van der Waals surface area contributed by atoms with Crippen LogP contribution in [0.25, 0.3) is 10.2 Å². The Bertz CT molecular complexity index is 928. The van der Waals surface area contributed by atoms with E-state index in [2.05, 4.69) is 6.92 Å². The molecule has 6 nitrogen and oxygen atoms in total. The fourth-order valence-corrected chi connectivity index (χ4v) is 5.15. The number of thiophene rings is 1. The molecule has 0 radical (unpaired) electrons. The zero-order chi connectivity index (χ0) is 19.2. The fourth-order valence-electron chi connectivity index (χ4n) is 3.75. The van der Waals surface area contributed by atoms with Crippen molar-refractivity contribution in [1.82, 2.24) is 14.5 Å². The van der Waals surface area contributed by atoms with Gasteiger partial charge in [-0.15, -0.1) is 11.3 Å². The number of rotatable bonds is 5. The van der Waals surface area contributed by atoms with Gasteiger partial charge in [-0.3, -0.25) is 19.0 Å². The van der Waals surface area contributed by atoms with Gasteiger partial charge in [0.15, 0.2) is 17.6 Å². The number of hydrogen-bond donors (Lipinski definition) is 0. The zero-order valence-corrected chi connectivity index (χ0v) is 16.8. The summed E-state index contributed by atoms with van der Waals surface area (Å²) < 4.78 is 1.33. The first-order valence-corrected chi connectivity index (χ1v) is 9.73. The second-order valence-corrected chi connectivity index (χ2v) is 8.68. The maximum absolute atomic E-state index is 13.4. The molecule has 1 atom stereocenters. The molecule has 0 bridgehead atoms. The minimum atomic E-state index is -1.10. The Kier molecular flexibility index (Phi) is 5.12. The van der Waals surface area contributed by atoms with E-state index in [4.69, 9.17) is 4.98 Å². The molecule has 0 aromatic carbocycles. The molecule has 2 heterocycles. The minimum absolute atomic E-state index is 0.255. The monoisotopic (exact) mass is 375 g/mol. The van der Waals surface area contributed by atoms with E-state index >= 15 is 0 Å². The van der Waals surface area contributed by atoms with Crippen LogP contribution in [0.1, 0.15) is 49.5 Å². The summed E-state index contributed by atoms with van der Waals surface area (Å²) >= 11 is 1.58. The van der Waals surface area contributed by atoms with Crippen molar-refractivity contribution >= 4 is 33.1 Å². The van der Waals surface area contributed by atoms with Gasteiger partial charge in [0.25, 0.3) is 5.56 Å². The van der Waals surface area contributed by atoms with Crippen LogP contribution in [-0.4, -0.2) is 40.1 Å². The lowest BCUT2D eigenvalue weighted by molar-refractivity contribution is -0.129. The number of ketones is 2. The van der Waals surface area contributed by atoms with E-state index < -0.39 is 6.04 Å². The average Bonchev–Trinajstić information content (AvgIpc) is 2.86. The van der Waals surface area contributed by atoms with Gasteiger partial charge in [0.05, 0.1) is 11.9 Å². The third-order valence-corrected chi connectivity index (χ3v) is 6.07. The fraction of sp³-hybridized carbons (Fsp3) is 0.579. The number of fused-ring (bicyclic) bond motifs is 3. The molecule has 0 saturated carbocycles. The first-order chi connectivity index (χ1) is 12.2. The molecule has 0 amide bonds. The third kappa shape index (κ3) is 3.25. The molecule has 2 aromatic heterocycles. The largest absolute Gasteiger partial charge is 0.302 e. The Balaban J connectivity index is 2.33. The van der Waals surface area contributed by atoms with Gasteiger partial charge >= 0.3 is 0 Å². The van der Waals surface area contributed by atoms with Gasteiger partial charge in [-0.05, 0) is 58.7 Å². The van der Waals surface area contributed by atoms with Crippen LogP contribution in [0.3, 0.4) is 0 Å². The molecule has 0 fully saturated rings. The predicted octanol–water partition coefficient (Wildman–Crippen LogP) is 2.36. The maximum atomic E-state index is 13.4. The van der Waals surface area contributed by atoms with E-state index in [9.17, 15) is 14.4 Å².